The molecule has 1 heterocycles. The Hall–Kier alpha value is -1.75. The van der Waals surface area contributed by atoms with Crippen LogP contribution in [0.2, 0.25) is 0 Å². The van der Waals surface area contributed by atoms with Gasteiger partial charge in [-0.05, 0) is 56.0 Å². The molecule has 24 heavy (non-hydrogen) atoms. The van der Waals surface area contributed by atoms with Crippen LogP contribution in [0.5, 0.6) is 5.75 Å². The highest BCUT2D eigenvalue weighted by Crippen LogP contribution is 2.15. The summed E-state index contributed by atoms with van der Waals surface area (Å²) in [5, 5.41) is 6.89. The van der Waals surface area contributed by atoms with Crippen LogP contribution in [0.25, 0.3) is 0 Å². The second kappa shape index (κ2) is 10.2. The zero-order chi connectivity index (χ0) is 17.2. The average Bonchev–Trinajstić information content (AvgIpc) is 2.65. The molecule has 2 rings (SSSR count). The van der Waals surface area contributed by atoms with E-state index in [9.17, 15) is 0 Å². The van der Waals surface area contributed by atoms with Crippen molar-refractivity contribution < 1.29 is 4.74 Å². The quantitative estimate of drug-likeness (QED) is 0.593. The molecule has 134 valence electrons. The van der Waals surface area contributed by atoms with Gasteiger partial charge in [-0.2, -0.15) is 0 Å². The van der Waals surface area contributed by atoms with Crippen LogP contribution in [0.3, 0.4) is 0 Å². The lowest BCUT2D eigenvalue weighted by molar-refractivity contribution is 0.183. The number of hydrogen-bond donors (Lipinski definition) is 2. The van der Waals surface area contributed by atoms with Crippen LogP contribution >= 0.6 is 0 Å². The molecule has 1 unspecified atom stereocenters. The van der Waals surface area contributed by atoms with Gasteiger partial charge in [-0.1, -0.05) is 19.1 Å². The molecule has 0 radical (unpaired) electrons. The van der Waals surface area contributed by atoms with Crippen LogP contribution in [-0.4, -0.2) is 57.7 Å². The van der Waals surface area contributed by atoms with Gasteiger partial charge < -0.3 is 20.3 Å². The van der Waals surface area contributed by atoms with Gasteiger partial charge in [0.15, 0.2) is 5.96 Å². The minimum absolute atomic E-state index is 0.721. The Morgan fingerprint density at radius 1 is 1.29 bits per heavy atom. The molecule has 1 aromatic rings. The highest BCUT2D eigenvalue weighted by atomic mass is 16.5. The number of nitrogens with one attached hydrogen (secondary N) is 2. The van der Waals surface area contributed by atoms with E-state index in [0.717, 1.165) is 43.7 Å². The first kappa shape index (κ1) is 18.6. The van der Waals surface area contributed by atoms with Crippen LogP contribution in [0.4, 0.5) is 0 Å². The van der Waals surface area contributed by atoms with Gasteiger partial charge in [-0.3, -0.25) is 4.99 Å². The average molecular weight is 332 g/mol. The number of aliphatic imine (C=N–C) groups is 1. The van der Waals surface area contributed by atoms with Crippen molar-refractivity contribution in [2.75, 3.05) is 46.9 Å². The molecule has 0 aliphatic carbocycles. The van der Waals surface area contributed by atoms with Crippen molar-refractivity contribution in [1.82, 2.24) is 15.5 Å². The van der Waals surface area contributed by atoms with Crippen molar-refractivity contribution in [2.24, 2.45) is 10.9 Å². The normalized spacial score (nSPS) is 19.1. The summed E-state index contributed by atoms with van der Waals surface area (Å²) in [6, 6.07) is 8.23. The van der Waals surface area contributed by atoms with E-state index in [2.05, 4.69) is 39.6 Å². The van der Waals surface area contributed by atoms with Gasteiger partial charge in [0.2, 0.25) is 0 Å². The smallest absolute Gasteiger partial charge is 0.190 e. The van der Waals surface area contributed by atoms with Crippen molar-refractivity contribution in [3.05, 3.63) is 29.8 Å². The molecule has 5 nitrogen and oxygen atoms in total. The highest BCUT2D eigenvalue weighted by Gasteiger charge is 2.18. The van der Waals surface area contributed by atoms with Crippen molar-refractivity contribution in [1.29, 1.82) is 0 Å². The van der Waals surface area contributed by atoms with E-state index in [4.69, 9.17) is 4.74 Å². The Morgan fingerprint density at radius 3 is 2.75 bits per heavy atom. The summed E-state index contributed by atoms with van der Waals surface area (Å²) in [6.07, 6.45) is 3.59. The molecule has 2 N–H and O–H groups in total. The first-order chi connectivity index (χ1) is 11.7. The van der Waals surface area contributed by atoms with E-state index in [1.54, 1.807) is 7.11 Å². The second-order valence-electron chi connectivity index (χ2n) is 6.38. The summed E-state index contributed by atoms with van der Waals surface area (Å²) in [5.74, 6) is 2.52. The standard InChI is InChI=1S/C19H32N4O/c1-4-23-13-5-6-17(15-23)14-22-19(20-2)21-12-11-16-7-9-18(24-3)10-8-16/h7-10,17H,4-6,11-15H2,1-3H3,(H2,20,21,22). The molecular formula is C19H32N4O. The van der Waals surface area contributed by atoms with Crippen LogP contribution in [0, 0.1) is 5.92 Å². The fraction of sp³-hybridized carbons (Fsp3) is 0.632. The first-order valence-electron chi connectivity index (χ1n) is 9.05. The number of methoxy groups -OCH3 is 1. The molecule has 0 saturated carbocycles. The highest BCUT2D eigenvalue weighted by molar-refractivity contribution is 5.79. The maximum Gasteiger partial charge on any atom is 0.190 e. The Morgan fingerprint density at radius 2 is 2.08 bits per heavy atom. The molecule has 0 aromatic heterocycles. The SMILES string of the molecule is CCN1CCCC(CNC(=NC)NCCc2ccc(OC)cc2)C1. The molecule has 1 aromatic carbocycles. The van der Waals surface area contributed by atoms with Crippen LogP contribution in [-0.2, 0) is 6.42 Å². The Balaban J connectivity index is 1.68. The Kier molecular flexibility index (Phi) is 7.89. The van der Waals surface area contributed by atoms with Gasteiger partial charge in [0.1, 0.15) is 5.75 Å². The topological polar surface area (TPSA) is 48.9 Å². The minimum atomic E-state index is 0.721. The number of ether oxygens (including phenoxy) is 1. The maximum absolute atomic E-state index is 5.19. The minimum Gasteiger partial charge on any atom is -0.497 e. The van der Waals surface area contributed by atoms with E-state index in [0.29, 0.717) is 0 Å². The van der Waals surface area contributed by atoms with Crippen LogP contribution in [0.15, 0.2) is 29.3 Å². The van der Waals surface area contributed by atoms with E-state index in [1.165, 1.54) is 31.5 Å². The number of hydrogen-bond acceptors (Lipinski definition) is 3. The lowest BCUT2D eigenvalue weighted by Gasteiger charge is -2.32. The largest absolute Gasteiger partial charge is 0.497 e. The third-order valence-corrected chi connectivity index (χ3v) is 4.70. The summed E-state index contributed by atoms with van der Waals surface area (Å²) in [5.41, 5.74) is 1.30. The first-order valence-corrected chi connectivity index (χ1v) is 9.05. The summed E-state index contributed by atoms with van der Waals surface area (Å²) in [6.45, 7) is 7.73. The molecule has 1 fully saturated rings. The number of guanidine groups is 1. The summed E-state index contributed by atoms with van der Waals surface area (Å²) < 4.78 is 5.19. The van der Waals surface area contributed by atoms with Crippen LogP contribution in [0.1, 0.15) is 25.3 Å². The number of nitrogens with zero attached hydrogens (tertiary/aromatic N) is 2. The van der Waals surface area contributed by atoms with Gasteiger partial charge in [-0.15, -0.1) is 0 Å². The molecule has 1 atom stereocenters. The van der Waals surface area contributed by atoms with E-state index in [-0.39, 0.29) is 0 Å². The van der Waals surface area contributed by atoms with Gasteiger partial charge in [0.25, 0.3) is 0 Å². The molecule has 0 bridgehead atoms. The van der Waals surface area contributed by atoms with Crippen molar-refractivity contribution in [3.8, 4) is 5.75 Å². The molecule has 1 saturated heterocycles. The van der Waals surface area contributed by atoms with Gasteiger partial charge in [0.05, 0.1) is 7.11 Å². The molecule has 0 spiro atoms. The van der Waals surface area contributed by atoms with E-state index in [1.807, 2.05) is 19.2 Å². The van der Waals surface area contributed by atoms with Crippen molar-refractivity contribution in [3.63, 3.8) is 0 Å². The van der Waals surface area contributed by atoms with E-state index < -0.39 is 0 Å². The Bertz CT molecular complexity index is 501. The van der Waals surface area contributed by atoms with E-state index >= 15 is 0 Å². The molecular weight excluding hydrogens is 300 g/mol. The fourth-order valence-electron chi connectivity index (χ4n) is 3.18. The van der Waals surface area contributed by atoms with Crippen molar-refractivity contribution in [2.45, 2.75) is 26.2 Å². The summed E-state index contributed by atoms with van der Waals surface area (Å²) >= 11 is 0. The maximum atomic E-state index is 5.19. The number of rotatable bonds is 7. The van der Waals surface area contributed by atoms with Gasteiger partial charge in [-0.25, -0.2) is 0 Å². The van der Waals surface area contributed by atoms with Gasteiger partial charge >= 0.3 is 0 Å². The zero-order valence-corrected chi connectivity index (χ0v) is 15.3. The third-order valence-electron chi connectivity index (χ3n) is 4.70. The summed E-state index contributed by atoms with van der Waals surface area (Å²) in [7, 11) is 3.53. The Labute approximate surface area is 146 Å². The molecule has 1 aliphatic heterocycles. The number of piperidine rings is 1. The third kappa shape index (κ3) is 6.04. The predicted octanol–water partition coefficient (Wildman–Crippen LogP) is 2.13. The van der Waals surface area contributed by atoms with Crippen LogP contribution < -0.4 is 15.4 Å². The monoisotopic (exact) mass is 332 g/mol. The molecule has 0 amide bonds. The zero-order valence-electron chi connectivity index (χ0n) is 15.3. The van der Waals surface area contributed by atoms with Gasteiger partial charge in [0, 0.05) is 26.7 Å². The second-order valence-corrected chi connectivity index (χ2v) is 6.38. The lowest BCUT2D eigenvalue weighted by atomic mass is 9.98. The molecule has 1 aliphatic rings. The predicted molar refractivity (Wildman–Crippen MR) is 101 cm³/mol. The molecule has 5 heteroatoms. The lowest BCUT2D eigenvalue weighted by Crippen LogP contribution is -2.44. The fourth-order valence-corrected chi connectivity index (χ4v) is 3.18. The number of benzene rings is 1. The number of likely N-dealkylation sites (tertiary alicyclic amines) is 1. The van der Waals surface area contributed by atoms with Crippen molar-refractivity contribution >= 4 is 5.96 Å². The summed E-state index contributed by atoms with van der Waals surface area (Å²) in [4.78, 5) is 6.87.